The Kier molecular flexibility index (Phi) is 4.94. The number of aryl methyl sites for hydroxylation is 1. The molecule has 0 unspecified atom stereocenters. The van der Waals surface area contributed by atoms with Crippen molar-refractivity contribution in [3.63, 3.8) is 0 Å². The molecule has 0 fully saturated rings. The Balaban J connectivity index is 2.55. The van der Waals surface area contributed by atoms with Crippen molar-refractivity contribution in [2.75, 3.05) is 11.9 Å². The zero-order chi connectivity index (χ0) is 14.7. The highest BCUT2D eigenvalue weighted by atomic mass is 79.9. The molecule has 6 heteroatoms. The molecule has 2 aromatic rings. The van der Waals surface area contributed by atoms with E-state index in [4.69, 9.17) is 11.6 Å². The molecule has 0 bridgehead atoms. The van der Waals surface area contributed by atoms with Crippen LogP contribution in [0, 0.1) is 5.82 Å². The molecule has 2 rings (SSSR count). The molecule has 0 aliphatic rings. The van der Waals surface area contributed by atoms with Crippen LogP contribution >= 0.6 is 27.5 Å². The van der Waals surface area contributed by atoms with Crippen LogP contribution in [0.25, 0.3) is 11.4 Å². The van der Waals surface area contributed by atoms with Gasteiger partial charge in [-0.3, -0.25) is 0 Å². The first-order valence-corrected chi connectivity index (χ1v) is 7.49. The van der Waals surface area contributed by atoms with Crippen molar-refractivity contribution in [2.45, 2.75) is 20.3 Å². The molecule has 1 heterocycles. The van der Waals surface area contributed by atoms with E-state index in [2.05, 4.69) is 31.2 Å². The molecule has 1 N–H and O–H groups in total. The summed E-state index contributed by atoms with van der Waals surface area (Å²) in [6.45, 7) is 4.77. The number of halogens is 3. The molecule has 0 aliphatic carbocycles. The topological polar surface area (TPSA) is 37.8 Å². The van der Waals surface area contributed by atoms with Gasteiger partial charge in [-0.2, -0.15) is 0 Å². The minimum Gasteiger partial charge on any atom is -0.369 e. The largest absolute Gasteiger partial charge is 0.369 e. The fraction of sp³-hybridized carbons (Fsp3) is 0.286. The van der Waals surface area contributed by atoms with Gasteiger partial charge in [0, 0.05) is 12.1 Å². The number of aromatic nitrogens is 2. The summed E-state index contributed by atoms with van der Waals surface area (Å²) in [6.07, 6.45) is 0.767. The lowest BCUT2D eigenvalue weighted by molar-refractivity contribution is 0.628. The minimum atomic E-state index is -0.449. The lowest BCUT2D eigenvalue weighted by Crippen LogP contribution is -2.05. The Morgan fingerprint density at radius 3 is 2.65 bits per heavy atom. The van der Waals surface area contributed by atoms with Crippen molar-refractivity contribution >= 4 is 33.3 Å². The van der Waals surface area contributed by atoms with E-state index in [1.807, 2.05) is 13.8 Å². The van der Waals surface area contributed by atoms with Gasteiger partial charge < -0.3 is 5.32 Å². The smallest absolute Gasteiger partial charge is 0.161 e. The van der Waals surface area contributed by atoms with E-state index in [0.29, 0.717) is 11.4 Å². The van der Waals surface area contributed by atoms with Crippen molar-refractivity contribution in [3.8, 4) is 11.4 Å². The van der Waals surface area contributed by atoms with E-state index in [9.17, 15) is 4.39 Å². The van der Waals surface area contributed by atoms with Crippen LogP contribution in [0.2, 0.25) is 5.02 Å². The van der Waals surface area contributed by atoms with Crippen molar-refractivity contribution in [3.05, 3.63) is 39.2 Å². The normalized spacial score (nSPS) is 10.7. The Labute approximate surface area is 130 Å². The van der Waals surface area contributed by atoms with Crippen LogP contribution in [0.4, 0.5) is 10.2 Å². The summed E-state index contributed by atoms with van der Waals surface area (Å²) >= 11 is 9.32. The van der Waals surface area contributed by atoms with Gasteiger partial charge >= 0.3 is 0 Å². The molecule has 0 aliphatic heterocycles. The molecule has 106 valence electrons. The number of nitrogens with zero attached hydrogens (tertiary/aromatic N) is 2. The van der Waals surface area contributed by atoms with Gasteiger partial charge in [-0.15, -0.1) is 0 Å². The zero-order valence-electron chi connectivity index (χ0n) is 11.2. The van der Waals surface area contributed by atoms with E-state index < -0.39 is 5.82 Å². The van der Waals surface area contributed by atoms with Gasteiger partial charge in [-0.1, -0.05) is 18.5 Å². The molecule has 0 atom stereocenters. The summed E-state index contributed by atoms with van der Waals surface area (Å²) in [6, 6.07) is 4.48. The van der Waals surface area contributed by atoms with Gasteiger partial charge in [-0.25, -0.2) is 14.4 Å². The standard InChI is InChI=1S/C14H14BrClFN3/c1-3-11-12(15)14(18-4-2)20-13(19-11)8-5-6-10(17)9(16)7-8/h5-7H,3-4H2,1-2H3,(H,18,19,20). The van der Waals surface area contributed by atoms with Crippen LogP contribution in [-0.2, 0) is 6.42 Å². The number of anilines is 1. The molecule has 1 aromatic carbocycles. The van der Waals surface area contributed by atoms with Crippen molar-refractivity contribution in [1.29, 1.82) is 0 Å². The molecular weight excluding hydrogens is 345 g/mol. The van der Waals surface area contributed by atoms with Crippen LogP contribution in [0.15, 0.2) is 22.7 Å². The van der Waals surface area contributed by atoms with Gasteiger partial charge in [0.1, 0.15) is 11.6 Å². The Bertz CT molecular complexity index is 634. The molecule has 0 saturated heterocycles. The lowest BCUT2D eigenvalue weighted by atomic mass is 10.2. The Morgan fingerprint density at radius 2 is 2.05 bits per heavy atom. The SMILES string of the molecule is CCNc1nc(-c2ccc(F)c(Cl)c2)nc(CC)c1Br. The first-order chi connectivity index (χ1) is 9.56. The first-order valence-electron chi connectivity index (χ1n) is 6.32. The average molecular weight is 359 g/mol. The van der Waals surface area contributed by atoms with Crippen molar-refractivity contribution in [2.24, 2.45) is 0 Å². The fourth-order valence-electron chi connectivity index (χ4n) is 1.78. The zero-order valence-corrected chi connectivity index (χ0v) is 13.5. The maximum atomic E-state index is 13.2. The highest BCUT2D eigenvalue weighted by molar-refractivity contribution is 9.10. The predicted molar refractivity (Wildman–Crippen MR) is 83.7 cm³/mol. The highest BCUT2D eigenvalue weighted by Crippen LogP contribution is 2.29. The second-order valence-electron chi connectivity index (χ2n) is 4.17. The maximum absolute atomic E-state index is 13.2. The summed E-state index contributed by atoms with van der Waals surface area (Å²) in [5.41, 5.74) is 1.59. The second-order valence-corrected chi connectivity index (χ2v) is 5.37. The molecule has 20 heavy (non-hydrogen) atoms. The lowest BCUT2D eigenvalue weighted by Gasteiger charge is -2.11. The highest BCUT2D eigenvalue weighted by Gasteiger charge is 2.13. The number of nitrogens with one attached hydrogen (secondary N) is 1. The summed E-state index contributed by atoms with van der Waals surface area (Å²) in [4.78, 5) is 8.96. The van der Waals surface area contributed by atoms with Crippen LogP contribution < -0.4 is 5.32 Å². The molecule has 1 aromatic heterocycles. The monoisotopic (exact) mass is 357 g/mol. The maximum Gasteiger partial charge on any atom is 0.161 e. The molecular formula is C14H14BrClFN3. The van der Waals surface area contributed by atoms with Crippen LogP contribution in [0.5, 0.6) is 0 Å². The molecule has 0 radical (unpaired) electrons. The third-order valence-electron chi connectivity index (χ3n) is 2.78. The number of benzene rings is 1. The number of hydrogen-bond donors (Lipinski definition) is 1. The van der Waals surface area contributed by atoms with Crippen molar-refractivity contribution in [1.82, 2.24) is 9.97 Å². The van der Waals surface area contributed by atoms with Gasteiger partial charge in [0.25, 0.3) is 0 Å². The molecule has 0 spiro atoms. The second kappa shape index (κ2) is 6.50. The van der Waals surface area contributed by atoms with E-state index in [1.54, 1.807) is 6.07 Å². The number of rotatable bonds is 4. The fourth-order valence-corrected chi connectivity index (χ4v) is 2.56. The van der Waals surface area contributed by atoms with E-state index in [1.165, 1.54) is 12.1 Å². The predicted octanol–water partition coefficient (Wildman–Crippen LogP) is 4.69. The summed E-state index contributed by atoms with van der Waals surface area (Å²) in [5, 5.41) is 3.25. The van der Waals surface area contributed by atoms with Gasteiger partial charge in [0.2, 0.25) is 0 Å². The summed E-state index contributed by atoms with van der Waals surface area (Å²) in [7, 11) is 0. The van der Waals surface area contributed by atoms with Crippen molar-refractivity contribution < 1.29 is 4.39 Å². The van der Waals surface area contributed by atoms with Gasteiger partial charge in [0.15, 0.2) is 5.82 Å². The molecule has 3 nitrogen and oxygen atoms in total. The summed E-state index contributed by atoms with van der Waals surface area (Å²) < 4.78 is 14.1. The average Bonchev–Trinajstić information content (AvgIpc) is 2.44. The van der Waals surface area contributed by atoms with Crippen LogP contribution in [-0.4, -0.2) is 16.5 Å². The Morgan fingerprint density at radius 1 is 1.30 bits per heavy atom. The minimum absolute atomic E-state index is 0.0667. The Hall–Kier alpha value is -1.20. The third kappa shape index (κ3) is 3.10. The van der Waals surface area contributed by atoms with Crippen LogP contribution in [0.3, 0.4) is 0 Å². The summed E-state index contributed by atoms with van der Waals surface area (Å²) in [5.74, 6) is 0.813. The number of hydrogen-bond acceptors (Lipinski definition) is 3. The van der Waals surface area contributed by atoms with Gasteiger partial charge in [-0.05, 0) is 47.5 Å². The first kappa shape index (κ1) is 15.2. The van der Waals surface area contributed by atoms with E-state index in [-0.39, 0.29) is 5.02 Å². The van der Waals surface area contributed by atoms with E-state index in [0.717, 1.165) is 29.0 Å². The molecule has 0 saturated carbocycles. The molecule has 0 amide bonds. The van der Waals surface area contributed by atoms with E-state index >= 15 is 0 Å². The quantitative estimate of drug-likeness (QED) is 0.861. The third-order valence-corrected chi connectivity index (χ3v) is 3.90. The van der Waals surface area contributed by atoms with Crippen LogP contribution in [0.1, 0.15) is 19.5 Å². The van der Waals surface area contributed by atoms with Gasteiger partial charge in [0.05, 0.1) is 15.2 Å².